The Balaban J connectivity index is 1.33. The summed E-state index contributed by atoms with van der Waals surface area (Å²) >= 11 is 1.57. The molecular formula is C29H30N4O4S. The number of aromatic nitrogens is 3. The Bertz CT molecular complexity index is 1330. The van der Waals surface area contributed by atoms with Crippen LogP contribution in [0.25, 0.3) is 11.1 Å². The Kier molecular flexibility index (Phi) is 8.50. The van der Waals surface area contributed by atoms with E-state index in [2.05, 4.69) is 44.8 Å². The third-order valence-electron chi connectivity index (χ3n) is 6.40. The summed E-state index contributed by atoms with van der Waals surface area (Å²) in [6, 6.07) is 24.2. The number of aliphatic hydroxyl groups excluding tert-OH is 1. The third-order valence-corrected chi connectivity index (χ3v) is 7.41. The zero-order chi connectivity index (χ0) is 26.3. The Hall–Kier alpha value is -3.50. The molecule has 0 saturated carbocycles. The van der Waals surface area contributed by atoms with E-state index >= 15 is 0 Å². The molecule has 4 aromatic rings. The number of aliphatic hydroxyl groups is 1. The monoisotopic (exact) mass is 530 g/mol. The van der Waals surface area contributed by atoms with Gasteiger partial charge in [0.05, 0.1) is 18.8 Å². The Morgan fingerprint density at radius 2 is 1.82 bits per heavy atom. The van der Waals surface area contributed by atoms with Crippen LogP contribution in [0.15, 0.2) is 84.3 Å². The highest BCUT2D eigenvalue weighted by molar-refractivity contribution is 7.99. The van der Waals surface area contributed by atoms with Crippen molar-refractivity contribution in [2.45, 2.75) is 50.2 Å². The van der Waals surface area contributed by atoms with Crippen LogP contribution in [0.5, 0.6) is 0 Å². The highest BCUT2D eigenvalue weighted by Crippen LogP contribution is 2.39. The number of benzene rings is 3. The van der Waals surface area contributed by atoms with Crippen molar-refractivity contribution in [3.05, 3.63) is 101 Å². The van der Waals surface area contributed by atoms with E-state index < -0.39 is 6.29 Å². The fraction of sp³-hybridized carbons (Fsp3) is 0.276. The summed E-state index contributed by atoms with van der Waals surface area (Å²) in [5.41, 5.74) is 6.05. The number of thioether (sulfide) groups is 1. The van der Waals surface area contributed by atoms with E-state index in [1.807, 2.05) is 48.5 Å². The molecule has 1 aliphatic heterocycles. The van der Waals surface area contributed by atoms with E-state index in [4.69, 9.17) is 9.47 Å². The van der Waals surface area contributed by atoms with Gasteiger partial charge in [-0.05, 0) is 33.9 Å². The maximum Gasteiger partial charge on any atom is 0.217 e. The quantitative estimate of drug-likeness (QED) is 0.263. The van der Waals surface area contributed by atoms with Crippen LogP contribution in [-0.2, 0) is 27.4 Å². The van der Waals surface area contributed by atoms with Crippen molar-refractivity contribution >= 4 is 17.7 Å². The van der Waals surface area contributed by atoms with E-state index in [-0.39, 0.29) is 24.7 Å². The molecule has 0 spiro atoms. The first kappa shape index (κ1) is 26.1. The van der Waals surface area contributed by atoms with Crippen molar-refractivity contribution in [2.75, 3.05) is 5.75 Å². The van der Waals surface area contributed by atoms with Crippen LogP contribution in [0.4, 0.5) is 0 Å². The van der Waals surface area contributed by atoms with E-state index in [9.17, 15) is 9.90 Å². The molecule has 3 atom stereocenters. The zero-order valence-corrected chi connectivity index (χ0v) is 21.9. The van der Waals surface area contributed by atoms with Gasteiger partial charge in [0, 0.05) is 31.2 Å². The number of amides is 1. The summed E-state index contributed by atoms with van der Waals surface area (Å²) in [5, 5.41) is 19.8. The lowest BCUT2D eigenvalue weighted by atomic mass is 9.99. The molecule has 3 N–H and O–H groups in total. The second kappa shape index (κ2) is 12.4. The number of hydrogen-bond donors (Lipinski definition) is 3. The smallest absolute Gasteiger partial charge is 0.217 e. The van der Waals surface area contributed by atoms with Gasteiger partial charge in [-0.2, -0.15) is 5.10 Å². The second-order valence-electron chi connectivity index (χ2n) is 9.18. The molecule has 1 aliphatic rings. The van der Waals surface area contributed by atoms with Gasteiger partial charge < -0.3 is 19.9 Å². The second-order valence-corrected chi connectivity index (χ2v) is 10.2. The van der Waals surface area contributed by atoms with Gasteiger partial charge >= 0.3 is 0 Å². The van der Waals surface area contributed by atoms with Crippen LogP contribution < -0.4 is 5.32 Å². The zero-order valence-electron chi connectivity index (χ0n) is 21.0. The SMILES string of the molecule is CC(=O)NCc1cccc(-c2ccc(C3OC(CSc4ncn[nH]4)CC(c4ccc(CO)cc4)O3)cc2)c1. The van der Waals surface area contributed by atoms with Gasteiger partial charge in [-0.15, -0.1) is 0 Å². The largest absolute Gasteiger partial charge is 0.392 e. The van der Waals surface area contributed by atoms with Crippen molar-refractivity contribution in [1.29, 1.82) is 0 Å². The number of nitrogens with zero attached hydrogens (tertiary/aromatic N) is 2. The molecule has 0 bridgehead atoms. The highest BCUT2D eigenvalue weighted by Gasteiger charge is 2.32. The van der Waals surface area contributed by atoms with Gasteiger partial charge in [-0.3, -0.25) is 9.89 Å². The average molecular weight is 531 g/mol. The lowest BCUT2D eigenvalue weighted by Crippen LogP contribution is -2.31. The molecule has 8 nitrogen and oxygen atoms in total. The first-order chi connectivity index (χ1) is 18.6. The number of carbonyl (C=O) groups is 1. The minimum Gasteiger partial charge on any atom is -0.392 e. The summed E-state index contributed by atoms with van der Waals surface area (Å²) in [6.45, 7) is 2.03. The molecule has 0 aliphatic carbocycles. The van der Waals surface area contributed by atoms with E-state index in [1.165, 1.54) is 13.3 Å². The molecule has 5 rings (SSSR count). The topological polar surface area (TPSA) is 109 Å². The summed E-state index contributed by atoms with van der Waals surface area (Å²) < 4.78 is 12.8. The summed E-state index contributed by atoms with van der Waals surface area (Å²) in [4.78, 5) is 15.5. The molecule has 1 aromatic heterocycles. The standard InChI is InChI=1S/C29H30N4O4S/c1-19(35)30-15-21-3-2-4-25(13-21)22-9-11-24(12-10-22)28-36-26(17-38-29-31-18-32-33-29)14-27(37-28)23-7-5-20(16-34)6-8-23/h2-13,18,26-28,34H,14-17H2,1H3,(H,30,35)(H,31,32,33). The van der Waals surface area contributed by atoms with Crippen LogP contribution in [0, 0.1) is 0 Å². The fourth-order valence-electron chi connectivity index (χ4n) is 4.38. The van der Waals surface area contributed by atoms with Crippen LogP contribution in [-0.4, -0.2) is 38.1 Å². The number of nitrogens with one attached hydrogen (secondary N) is 2. The van der Waals surface area contributed by atoms with Gasteiger partial charge in [-0.25, -0.2) is 4.98 Å². The minimum absolute atomic E-state index is 0.0104. The molecule has 1 amide bonds. The summed E-state index contributed by atoms with van der Waals surface area (Å²) in [6.07, 6.45) is 1.48. The molecule has 3 aromatic carbocycles. The molecule has 1 fully saturated rings. The average Bonchev–Trinajstić information content (AvgIpc) is 3.49. The maximum absolute atomic E-state index is 11.3. The molecule has 38 heavy (non-hydrogen) atoms. The van der Waals surface area contributed by atoms with E-state index in [0.29, 0.717) is 18.7 Å². The van der Waals surface area contributed by atoms with Gasteiger partial charge in [0.25, 0.3) is 0 Å². The predicted molar refractivity (Wildman–Crippen MR) is 145 cm³/mol. The number of ether oxygens (including phenoxy) is 2. The van der Waals surface area contributed by atoms with Crippen molar-refractivity contribution in [2.24, 2.45) is 0 Å². The molecule has 3 unspecified atom stereocenters. The summed E-state index contributed by atoms with van der Waals surface area (Å²) in [5.74, 6) is 0.659. The van der Waals surface area contributed by atoms with Crippen LogP contribution >= 0.6 is 11.8 Å². The number of rotatable bonds is 9. The van der Waals surface area contributed by atoms with Gasteiger partial charge in [-0.1, -0.05) is 78.5 Å². The van der Waals surface area contributed by atoms with Gasteiger partial charge in [0.15, 0.2) is 11.4 Å². The third kappa shape index (κ3) is 6.68. The van der Waals surface area contributed by atoms with Crippen molar-refractivity contribution < 1.29 is 19.4 Å². The van der Waals surface area contributed by atoms with Crippen LogP contribution in [0.2, 0.25) is 0 Å². The normalized spacial score (nSPS) is 19.3. The maximum atomic E-state index is 11.3. The number of H-pyrrole nitrogens is 1. The number of aromatic amines is 1. The molecule has 196 valence electrons. The molecule has 0 radical (unpaired) electrons. The van der Waals surface area contributed by atoms with Gasteiger partial charge in [0.2, 0.25) is 5.91 Å². The first-order valence-electron chi connectivity index (χ1n) is 12.5. The Labute approximate surface area is 225 Å². The number of hydrogen-bond acceptors (Lipinski definition) is 7. The van der Waals surface area contributed by atoms with E-state index in [1.54, 1.807) is 11.8 Å². The molecular weight excluding hydrogens is 500 g/mol. The van der Waals surface area contributed by atoms with Crippen LogP contribution in [0.3, 0.4) is 0 Å². The van der Waals surface area contributed by atoms with Crippen molar-refractivity contribution in [1.82, 2.24) is 20.5 Å². The number of carbonyl (C=O) groups excluding carboxylic acids is 1. The molecule has 9 heteroatoms. The van der Waals surface area contributed by atoms with Crippen molar-refractivity contribution in [3.8, 4) is 11.1 Å². The lowest BCUT2D eigenvalue weighted by molar-refractivity contribution is -0.245. The minimum atomic E-state index is -0.522. The molecule has 2 heterocycles. The first-order valence-corrected chi connectivity index (χ1v) is 13.5. The Morgan fingerprint density at radius 1 is 1.03 bits per heavy atom. The van der Waals surface area contributed by atoms with Gasteiger partial charge in [0.1, 0.15) is 6.33 Å². The lowest BCUT2D eigenvalue weighted by Gasteiger charge is -2.36. The molecule has 1 saturated heterocycles. The fourth-order valence-corrected chi connectivity index (χ4v) is 5.18. The Morgan fingerprint density at radius 3 is 2.53 bits per heavy atom. The highest BCUT2D eigenvalue weighted by atomic mass is 32.2. The summed E-state index contributed by atoms with van der Waals surface area (Å²) in [7, 11) is 0. The predicted octanol–water partition coefficient (Wildman–Crippen LogP) is 4.94. The van der Waals surface area contributed by atoms with Crippen LogP contribution in [0.1, 0.15) is 48.0 Å². The van der Waals surface area contributed by atoms with E-state index in [0.717, 1.165) is 38.5 Å². The van der Waals surface area contributed by atoms with Crippen molar-refractivity contribution in [3.63, 3.8) is 0 Å².